The van der Waals surface area contributed by atoms with E-state index in [1.807, 2.05) is 7.05 Å². The Morgan fingerprint density at radius 1 is 1.53 bits per heavy atom. The van der Waals surface area contributed by atoms with Crippen molar-refractivity contribution in [3.8, 4) is 0 Å². The summed E-state index contributed by atoms with van der Waals surface area (Å²) in [6.07, 6.45) is 4.43. The van der Waals surface area contributed by atoms with Crippen molar-refractivity contribution in [3.05, 3.63) is 11.7 Å². The van der Waals surface area contributed by atoms with E-state index in [2.05, 4.69) is 27.3 Å². The summed E-state index contributed by atoms with van der Waals surface area (Å²) in [5.74, 6) is 1.61. The molecular weight excluding hydrogens is 216 g/mol. The summed E-state index contributed by atoms with van der Waals surface area (Å²) in [7, 11) is 2.02. The smallest absolute Gasteiger partial charge is 0.240 e. The van der Waals surface area contributed by atoms with Crippen molar-refractivity contribution >= 4 is 0 Å². The van der Waals surface area contributed by atoms with Crippen LogP contribution in [0.5, 0.6) is 0 Å². The Morgan fingerprint density at radius 2 is 2.41 bits per heavy atom. The number of nitrogens with zero attached hydrogens (tertiary/aromatic N) is 3. The van der Waals surface area contributed by atoms with Crippen LogP contribution in [-0.4, -0.2) is 41.2 Å². The molecule has 0 amide bonds. The second kappa shape index (κ2) is 6.12. The van der Waals surface area contributed by atoms with Crippen LogP contribution >= 0.6 is 0 Å². The first kappa shape index (κ1) is 12.5. The number of hydrogen-bond acceptors (Lipinski definition) is 5. The molecule has 5 nitrogen and oxygen atoms in total. The van der Waals surface area contributed by atoms with Gasteiger partial charge in [-0.3, -0.25) is 4.90 Å². The fourth-order valence-corrected chi connectivity index (χ4v) is 2.19. The van der Waals surface area contributed by atoms with Gasteiger partial charge in [-0.2, -0.15) is 4.98 Å². The van der Waals surface area contributed by atoms with Crippen molar-refractivity contribution in [2.24, 2.45) is 0 Å². The zero-order chi connectivity index (χ0) is 12.1. The van der Waals surface area contributed by atoms with Gasteiger partial charge in [-0.05, 0) is 19.9 Å². The summed E-state index contributed by atoms with van der Waals surface area (Å²) < 4.78 is 5.27. The molecule has 0 spiro atoms. The number of unbranched alkanes of at least 4 members (excludes halogenated alkanes) is 1. The van der Waals surface area contributed by atoms with E-state index < -0.39 is 0 Å². The van der Waals surface area contributed by atoms with Gasteiger partial charge in [0.25, 0.3) is 0 Å². The highest BCUT2D eigenvalue weighted by Crippen LogP contribution is 2.12. The lowest BCUT2D eigenvalue weighted by Gasteiger charge is -2.12. The van der Waals surface area contributed by atoms with Crippen LogP contribution in [0.4, 0.5) is 0 Å². The molecule has 0 saturated carbocycles. The summed E-state index contributed by atoms with van der Waals surface area (Å²) in [5.41, 5.74) is 0. The molecule has 0 radical (unpaired) electrons. The fraction of sp³-hybridized carbons (Fsp3) is 0.833. The average Bonchev–Trinajstić information content (AvgIpc) is 2.96. The van der Waals surface area contributed by atoms with Crippen LogP contribution in [0.3, 0.4) is 0 Å². The average molecular weight is 238 g/mol. The molecule has 1 N–H and O–H groups in total. The Morgan fingerprint density at radius 3 is 3.12 bits per heavy atom. The maximum Gasteiger partial charge on any atom is 0.240 e. The van der Waals surface area contributed by atoms with Crippen LogP contribution in [0.1, 0.15) is 37.9 Å². The third kappa shape index (κ3) is 3.51. The van der Waals surface area contributed by atoms with E-state index in [9.17, 15) is 0 Å². The highest BCUT2D eigenvalue weighted by Gasteiger charge is 2.22. The van der Waals surface area contributed by atoms with Gasteiger partial charge >= 0.3 is 0 Å². The summed E-state index contributed by atoms with van der Waals surface area (Å²) in [5, 5.41) is 7.31. The molecule has 0 aromatic carbocycles. The van der Waals surface area contributed by atoms with Crippen LogP contribution in [0.25, 0.3) is 0 Å². The molecule has 1 aromatic rings. The lowest BCUT2D eigenvalue weighted by atomic mass is 10.2. The van der Waals surface area contributed by atoms with Crippen molar-refractivity contribution in [1.82, 2.24) is 20.4 Å². The Bertz CT molecular complexity index is 339. The van der Waals surface area contributed by atoms with Gasteiger partial charge in [-0.1, -0.05) is 18.5 Å². The second-order valence-corrected chi connectivity index (χ2v) is 4.72. The van der Waals surface area contributed by atoms with E-state index in [0.717, 1.165) is 44.2 Å². The quantitative estimate of drug-likeness (QED) is 0.807. The molecule has 1 aromatic heterocycles. The zero-order valence-electron chi connectivity index (χ0n) is 10.8. The van der Waals surface area contributed by atoms with Crippen LogP contribution in [-0.2, 0) is 13.0 Å². The Kier molecular flexibility index (Phi) is 4.50. The first-order chi connectivity index (χ1) is 8.31. The van der Waals surface area contributed by atoms with Crippen molar-refractivity contribution < 1.29 is 4.52 Å². The standard InChI is InChI=1S/C12H22N4O/c1-3-4-5-11-14-12(17-15-11)9-16-7-6-10(8-16)13-2/h10,13H,3-9H2,1-2H3. The van der Waals surface area contributed by atoms with Crippen LogP contribution in [0, 0.1) is 0 Å². The van der Waals surface area contributed by atoms with Crippen molar-refractivity contribution in [2.75, 3.05) is 20.1 Å². The summed E-state index contributed by atoms with van der Waals surface area (Å²) in [6.45, 7) is 5.14. The molecule has 1 aliphatic heterocycles. The number of likely N-dealkylation sites (tertiary alicyclic amines) is 1. The molecule has 1 saturated heterocycles. The van der Waals surface area contributed by atoms with E-state index >= 15 is 0 Å². The normalized spacial score (nSPS) is 21.2. The van der Waals surface area contributed by atoms with Gasteiger partial charge in [0.15, 0.2) is 5.82 Å². The number of nitrogens with one attached hydrogen (secondary N) is 1. The van der Waals surface area contributed by atoms with Crippen LogP contribution in [0.2, 0.25) is 0 Å². The molecule has 1 fully saturated rings. The molecule has 96 valence electrons. The molecular formula is C12H22N4O. The molecule has 2 rings (SSSR count). The van der Waals surface area contributed by atoms with Gasteiger partial charge in [-0.25, -0.2) is 0 Å². The molecule has 1 atom stereocenters. The van der Waals surface area contributed by atoms with Gasteiger partial charge < -0.3 is 9.84 Å². The van der Waals surface area contributed by atoms with E-state index in [1.54, 1.807) is 0 Å². The second-order valence-electron chi connectivity index (χ2n) is 4.72. The van der Waals surface area contributed by atoms with Crippen LogP contribution in [0.15, 0.2) is 4.52 Å². The molecule has 1 unspecified atom stereocenters. The van der Waals surface area contributed by atoms with Gasteiger partial charge in [0.05, 0.1) is 6.54 Å². The molecule has 0 bridgehead atoms. The van der Waals surface area contributed by atoms with Crippen molar-refractivity contribution in [2.45, 2.75) is 45.2 Å². The van der Waals surface area contributed by atoms with E-state index in [4.69, 9.17) is 4.52 Å². The third-order valence-electron chi connectivity index (χ3n) is 3.30. The Labute approximate surface area is 103 Å². The highest BCUT2D eigenvalue weighted by molar-refractivity contribution is 4.89. The molecule has 2 heterocycles. The molecule has 5 heteroatoms. The molecule has 0 aliphatic carbocycles. The number of rotatable bonds is 6. The minimum Gasteiger partial charge on any atom is -0.338 e. The predicted octanol–water partition coefficient (Wildman–Crippen LogP) is 1.21. The summed E-state index contributed by atoms with van der Waals surface area (Å²) in [6, 6.07) is 0.609. The Hall–Kier alpha value is -0.940. The van der Waals surface area contributed by atoms with Gasteiger partial charge in [0.1, 0.15) is 0 Å². The van der Waals surface area contributed by atoms with E-state index in [1.165, 1.54) is 12.8 Å². The zero-order valence-corrected chi connectivity index (χ0v) is 10.8. The first-order valence-electron chi connectivity index (χ1n) is 6.53. The number of aromatic nitrogens is 2. The Balaban J connectivity index is 1.80. The number of hydrogen-bond donors (Lipinski definition) is 1. The third-order valence-corrected chi connectivity index (χ3v) is 3.30. The minimum absolute atomic E-state index is 0.609. The predicted molar refractivity (Wildman–Crippen MR) is 65.7 cm³/mol. The van der Waals surface area contributed by atoms with Crippen LogP contribution < -0.4 is 5.32 Å². The lowest BCUT2D eigenvalue weighted by molar-refractivity contribution is 0.263. The topological polar surface area (TPSA) is 54.2 Å². The molecule has 17 heavy (non-hydrogen) atoms. The summed E-state index contributed by atoms with van der Waals surface area (Å²) in [4.78, 5) is 6.78. The maximum absolute atomic E-state index is 5.27. The lowest BCUT2D eigenvalue weighted by Crippen LogP contribution is -2.29. The van der Waals surface area contributed by atoms with Gasteiger partial charge in [-0.15, -0.1) is 0 Å². The highest BCUT2D eigenvalue weighted by atomic mass is 16.5. The maximum atomic E-state index is 5.27. The largest absolute Gasteiger partial charge is 0.338 e. The SMILES string of the molecule is CCCCc1noc(CN2CCC(NC)C2)n1. The van der Waals surface area contributed by atoms with E-state index in [-0.39, 0.29) is 0 Å². The van der Waals surface area contributed by atoms with E-state index in [0.29, 0.717) is 6.04 Å². The first-order valence-corrected chi connectivity index (χ1v) is 6.53. The number of aryl methyl sites for hydroxylation is 1. The van der Waals surface area contributed by atoms with Crippen molar-refractivity contribution in [1.29, 1.82) is 0 Å². The summed E-state index contributed by atoms with van der Waals surface area (Å²) >= 11 is 0. The minimum atomic E-state index is 0.609. The fourth-order valence-electron chi connectivity index (χ4n) is 2.19. The van der Waals surface area contributed by atoms with Gasteiger partial charge in [0, 0.05) is 25.6 Å². The van der Waals surface area contributed by atoms with Crippen molar-refractivity contribution in [3.63, 3.8) is 0 Å². The molecule has 1 aliphatic rings. The van der Waals surface area contributed by atoms with Gasteiger partial charge in [0.2, 0.25) is 5.89 Å². The monoisotopic (exact) mass is 238 g/mol. The number of likely N-dealkylation sites (N-methyl/N-ethyl adjacent to an activating group) is 1.